The highest BCUT2D eigenvalue weighted by atomic mass is 16.5. The number of ether oxygens (including phenoxy) is 2. The van der Waals surface area contributed by atoms with E-state index in [1.54, 1.807) is 14.2 Å². The molecule has 138 valence electrons. The van der Waals surface area contributed by atoms with Gasteiger partial charge in [0.05, 0.1) is 14.2 Å². The summed E-state index contributed by atoms with van der Waals surface area (Å²) in [6, 6.07) is 17.3. The van der Waals surface area contributed by atoms with Gasteiger partial charge in [-0.25, -0.2) is 4.79 Å². The molecule has 0 bridgehead atoms. The summed E-state index contributed by atoms with van der Waals surface area (Å²) in [5, 5.41) is 11.8. The number of carboxylic acid groups (broad SMARTS) is 1. The molecule has 27 heavy (non-hydrogen) atoms. The molecule has 3 aromatic carbocycles. The summed E-state index contributed by atoms with van der Waals surface area (Å²) in [5.74, 6) is 0.539. The van der Waals surface area contributed by atoms with Crippen LogP contribution in [0.5, 0.6) is 11.5 Å². The average molecular weight is 363 g/mol. The molecule has 1 aliphatic rings. The zero-order valence-electron chi connectivity index (χ0n) is 15.3. The van der Waals surface area contributed by atoms with E-state index in [4.69, 9.17) is 9.47 Å². The zero-order chi connectivity index (χ0) is 19.0. The molecule has 1 N–H and O–H groups in total. The molecular formula is C22H21NO4. The molecule has 5 nitrogen and oxygen atoms in total. The van der Waals surface area contributed by atoms with Gasteiger partial charge in [0.1, 0.15) is 6.04 Å². The van der Waals surface area contributed by atoms with E-state index in [-0.39, 0.29) is 0 Å². The summed E-state index contributed by atoms with van der Waals surface area (Å²) in [4.78, 5) is 13.8. The zero-order valence-corrected chi connectivity index (χ0v) is 15.3. The number of rotatable bonds is 5. The summed E-state index contributed by atoms with van der Waals surface area (Å²) >= 11 is 0. The first kappa shape index (κ1) is 17.2. The lowest BCUT2D eigenvalue weighted by Crippen LogP contribution is -2.38. The van der Waals surface area contributed by atoms with Crippen molar-refractivity contribution >= 4 is 22.4 Å². The van der Waals surface area contributed by atoms with E-state index in [9.17, 15) is 9.90 Å². The standard InChI is InChI=1S/C22H21NO4/c1-26-20-11-14-7-5-8-16(17(14)12-21(20)27-2)13-23-18-9-4-3-6-15(18)10-19(23)22(24)25/h3-9,11-12,19H,10,13H2,1-2H3,(H,24,25). The summed E-state index contributed by atoms with van der Waals surface area (Å²) < 4.78 is 10.9. The fraction of sp³-hybridized carbons (Fsp3) is 0.227. The summed E-state index contributed by atoms with van der Waals surface area (Å²) in [7, 11) is 3.23. The largest absolute Gasteiger partial charge is 0.493 e. The third-order valence-electron chi connectivity index (χ3n) is 5.19. The van der Waals surface area contributed by atoms with Gasteiger partial charge in [-0.05, 0) is 40.1 Å². The number of anilines is 1. The fourth-order valence-corrected chi connectivity index (χ4v) is 3.86. The van der Waals surface area contributed by atoms with Gasteiger partial charge in [-0.1, -0.05) is 36.4 Å². The fourth-order valence-electron chi connectivity index (χ4n) is 3.86. The molecule has 3 aromatic rings. The van der Waals surface area contributed by atoms with E-state index in [1.807, 2.05) is 59.5 Å². The first-order chi connectivity index (χ1) is 13.1. The van der Waals surface area contributed by atoms with E-state index in [0.29, 0.717) is 24.5 Å². The van der Waals surface area contributed by atoms with E-state index in [1.165, 1.54) is 0 Å². The highest BCUT2D eigenvalue weighted by molar-refractivity contribution is 5.90. The SMILES string of the molecule is COc1cc2cccc(CN3c4ccccc4CC3C(=O)O)c2cc1OC. The quantitative estimate of drug-likeness (QED) is 0.746. The number of carboxylic acids is 1. The number of carbonyl (C=O) groups is 1. The average Bonchev–Trinajstić information content (AvgIpc) is 3.06. The molecule has 0 fully saturated rings. The van der Waals surface area contributed by atoms with Crippen molar-refractivity contribution in [3.05, 3.63) is 65.7 Å². The van der Waals surface area contributed by atoms with Crippen LogP contribution in [0.2, 0.25) is 0 Å². The van der Waals surface area contributed by atoms with Gasteiger partial charge in [-0.15, -0.1) is 0 Å². The van der Waals surface area contributed by atoms with Crippen molar-refractivity contribution in [2.45, 2.75) is 19.0 Å². The van der Waals surface area contributed by atoms with Gasteiger partial charge in [0, 0.05) is 18.7 Å². The van der Waals surface area contributed by atoms with Crippen LogP contribution < -0.4 is 14.4 Å². The third-order valence-corrected chi connectivity index (χ3v) is 5.19. The van der Waals surface area contributed by atoms with Gasteiger partial charge in [0.25, 0.3) is 0 Å². The van der Waals surface area contributed by atoms with Crippen LogP contribution in [0.1, 0.15) is 11.1 Å². The Kier molecular flexibility index (Phi) is 4.36. The van der Waals surface area contributed by atoms with Crippen LogP contribution in [-0.4, -0.2) is 31.3 Å². The molecule has 4 rings (SSSR count). The van der Waals surface area contributed by atoms with Crippen molar-refractivity contribution in [3.63, 3.8) is 0 Å². The van der Waals surface area contributed by atoms with Crippen molar-refractivity contribution in [3.8, 4) is 11.5 Å². The molecule has 0 amide bonds. The number of benzene rings is 3. The van der Waals surface area contributed by atoms with Crippen molar-refractivity contribution in [2.24, 2.45) is 0 Å². The second-order valence-corrected chi connectivity index (χ2v) is 6.66. The molecule has 1 unspecified atom stereocenters. The van der Waals surface area contributed by atoms with Gasteiger partial charge in [0.2, 0.25) is 0 Å². The molecule has 1 aliphatic heterocycles. The predicted molar refractivity (Wildman–Crippen MR) is 105 cm³/mol. The molecule has 1 atom stereocenters. The Hall–Kier alpha value is -3.21. The Bertz CT molecular complexity index is 1010. The topological polar surface area (TPSA) is 59.0 Å². The minimum atomic E-state index is -0.800. The van der Waals surface area contributed by atoms with E-state index >= 15 is 0 Å². The van der Waals surface area contributed by atoms with Crippen LogP contribution in [0.25, 0.3) is 10.8 Å². The predicted octanol–water partition coefficient (Wildman–Crippen LogP) is 3.87. The van der Waals surface area contributed by atoms with Gasteiger partial charge >= 0.3 is 5.97 Å². The van der Waals surface area contributed by atoms with Crippen LogP contribution in [-0.2, 0) is 17.8 Å². The molecule has 0 radical (unpaired) electrons. The summed E-state index contributed by atoms with van der Waals surface area (Å²) in [6.45, 7) is 0.515. The lowest BCUT2D eigenvalue weighted by Gasteiger charge is -2.25. The number of hydrogen-bond acceptors (Lipinski definition) is 4. The number of para-hydroxylation sites is 1. The monoisotopic (exact) mass is 363 g/mol. The van der Waals surface area contributed by atoms with E-state index in [0.717, 1.165) is 27.6 Å². The molecule has 0 aliphatic carbocycles. The maximum absolute atomic E-state index is 11.8. The van der Waals surface area contributed by atoms with E-state index < -0.39 is 12.0 Å². The molecular weight excluding hydrogens is 342 g/mol. The third kappa shape index (κ3) is 2.95. The van der Waals surface area contributed by atoms with Gasteiger partial charge in [0.15, 0.2) is 11.5 Å². The number of hydrogen-bond donors (Lipinski definition) is 1. The van der Waals surface area contributed by atoms with E-state index in [2.05, 4.69) is 0 Å². The Morgan fingerprint density at radius 1 is 1.07 bits per heavy atom. The van der Waals surface area contributed by atoms with Crippen molar-refractivity contribution in [1.82, 2.24) is 0 Å². The first-order valence-corrected chi connectivity index (χ1v) is 8.83. The maximum atomic E-state index is 11.8. The Labute approximate surface area is 157 Å². The number of nitrogens with zero attached hydrogens (tertiary/aromatic N) is 1. The molecule has 0 spiro atoms. The Balaban J connectivity index is 1.79. The lowest BCUT2D eigenvalue weighted by molar-refractivity contribution is -0.138. The molecule has 5 heteroatoms. The van der Waals surface area contributed by atoms with Gasteiger partial charge < -0.3 is 19.5 Å². The van der Waals surface area contributed by atoms with Crippen LogP contribution in [0, 0.1) is 0 Å². The smallest absolute Gasteiger partial charge is 0.326 e. The molecule has 0 saturated heterocycles. The summed E-state index contributed by atoms with van der Waals surface area (Å²) in [5.41, 5.74) is 3.11. The van der Waals surface area contributed by atoms with Crippen LogP contribution in [0.15, 0.2) is 54.6 Å². The van der Waals surface area contributed by atoms with Gasteiger partial charge in [-0.3, -0.25) is 0 Å². The lowest BCUT2D eigenvalue weighted by atomic mass is 10.0. The Morgan fingerprint density at radius 2 is 1.81 bits per heavy atom. The molecule has 0 saturated carbocycles. The maximum Gasteiger partial charge on any atom is 0.326 e. The van der Waals surface area contributed by atoms with Crippen molar-refractivity contribution in [2.75, 3.05) is 19.1 Å². The second kappa shape index (κ2) is 6.83. The van der Waals surface area contributed by atoms with Crippen LogP contribution in [0.4, 0.5) is 5.69 Å². The van der Waals surface area contributed by atoms with Crippen LogP contribution in [0.3, 0.4) is 0 Å². The second-order valence-electron chi connectivity index (χ2n) is 6.66. The minimum Gasteiger partial charge on any atom is -0.493 e. The number of methoxy groups -OCH3 is 2. The first-order valence-electron chi connectivity index (χ1n) is 8.83. The van der Waals surface area contributed by atoms with Gasteiger partial charge in [-0.2, -0.15) is 0 Å². The molecule has 0 aromatic heterocycles. The molecule has 1 heterocycles. The number of aliphatic carboxylic acids is 1. The summed E-state index contributed by atoms with van der Waals surface area (Å²) in [6.07, 6.45) is 0.521. The number of fused-ring (bicyclic) bond motifs is 2. The minimum absolute atomic E-state index is 0.515. The highest BCUT2D eigenvalue weighted by Crippen LogP contribution is 2.37. The highest BCUT2D eigenvalue weighted by Gasteiger charge is 2.34. The van der Waals surface area contributed by atoms with Crippen molar-refractivity contribution < 1.29 is 19.4 Å². The Morgan fingerprint density at radius 3 is 2.56 bits per heavy atom. The van der Waals surface area contributed by atoms with Crippen molar-refractivity contribution in [1.29, 1.82) is 0 Å². The normalized spacial score (nSPS) is 15.6. The van der Waals surface area contributed by atoms with Crippen LogP contribution >= 0.6 is 0 Å².